The number of aryl methyl sites for hydroxylation is 1. The summed E-state index contributed by atoms with van der Waals surface area (Å²) < 4.78 is 14.7. The number of amides is 1. The molecule has 1 amide bonds. The van der Waals surface area contributed by atoms with Crippen molar-refractivity contribution in [3.05, 3.63) is 47.5 Å². The third kappa shape index (κ3) is 2.20. The largest absolute Gasteiger partial charge is 0.397 e. The van der Waals surface area contributed by atoms with Gasteiger partial charge in [-0.2, -0.15) is 0 Å². The van der Waals surface area contributed by atoms with Crippen molar-refractivity contribution in [1.29, 1.82) is 0 Å². The molecule has 0 aliphatic rings. The van der Waals surface area contributed by atoms with Gasteiger partial charge in [-0.05, 0) is 31.2 Å². The second kappa shape index (κ2) is 4.52. The normalized spacial score (nSPS) is 10.4. The van der Waals surface area contributed by atoms with Crippen LogP contribution in [0.1, 0.15) is 16.2 Å². The molecule has 2 aromatic rings. The molecule has 0 saturated carbocycles. The van der Waals surface area contributed by atoms with Gasteiger partial charge in [-0.15, -0.1) is 0 Å². The molecular weight excluding hydrogens is 233 g/mol. The Labute approximate surface area is 104 Å². The summed E-state index contributed by atoms with van der Waals surface area (Å²) >= 11 is 0. The Kier molecular flexibility index (Phi) is 3.06. The number of nitrogens with zero attached hydrogens (tertiary/aromatic N) is 1. The van der Waals surface area contributed by atoms with Crippen LogP contribution in [-0.4, -0.2) is 10.5 Å². The molecule has 1 aromatic carbocycles. The monoisotopic (exact) mass is 247 g/mol. The van der Waals surface area contributed by atoms with Gasteiger partial charge in [0, 0.05) is 18.4 Å². The Hall–Kier alpha value is -2.30. The van der Waals surface area contributed by atoms with E-state index < -0.39 is 5.82 Å². The number of nitrogens with one attached hydrogen (secondary N) is 1. The van der Waals surface area contributed by atoms with Crippen LogP contribution in [0.5, 0.6) is 0 Å². The van der Waals surface area contributed by atoms with Gasteiger partial charge in [0.15, 0.2) is 0 Å². The van der Waals surface area contributed by atoms with E-state index in [4.69, 9.17) is 5.73 Å². The minimum Gasteiger partial charge on any atom is -0.397 e. The Balaban J connectivity index is 2.27. The van der Waals surface area contributed by atoms with Crippen molar-refractivity contribution in [2.75, 3.05) is 11.1 Å². The van der Waals surface area contributed by atoms with Crippen LogP contribution in [0.4, 0.5) is 15.8 Å². The maximum atomic E-state index is 13.0. The van der Waals surface area contributed by atoms with Crippen LogP contribution in [-0.2, 0) is 7.05 Å². The molecule has 4 nitrogen and oxygen atoms in total. The predicted molar refractivity (Wildman–Crippen MR) is 68.9 cm³/mol. The maximum absolute atomic E-state index is 13.0. The van der Waals surface area contributed by atoms with Crippen LogP contribution in [0.15, 0.2) is 30.3 Å². The van der Waals surface area contributed by atoms with E-state index in [0.29, 0.717) is 17.1 Å². The molecule has 0 aliphatic heterocycles. The molecule has 0 radical (unpaired) electrons. The molecule has 5 heteroatoms. The average Bonchev–Trinajstić information content (AvgIpc) is 2.53. The zero-order valence-corrected chi connectivity index (χ0v) is 10.2. The van der Waals surface area contributed by atoms with Crippen molar-refractivity contribution in [1.82, 2.24) is 4.57 Å². The quantitative estimate of drug-likeness (QED) is 0.855. The van der Waals surface area contributed by atoms with Gasteiger partial charge in [-0.3, -0.25) is 4.79 Å². The van der Waals surface area contributed by atoms with Crippen LogP contribution < -0.4 is 11.1 Å². The number of benzene rings is 1. The molecule has 0 aliphatic carbocycles. The highest BCUT2D eigenvalue weighted by molar-refractivity contribution is 6.06. The van der Waals surface area contributed by atoms with Crippen molar-refractivity contribution in [3.8, 4) is 0 Å². The predicted octanol–water partition coefficient (Wildman–Crippen LogP) is 2.31. The second-order valence-corrected chi connectivity index (χ2v) is 4.11. The fourth-order valence-corrected chi connectivity index (χ4v) is 1.80. The van der Waals surface area contributed by atoms with E-state index in [1.54, 1.807) is 23.7 Å². The first kappa shape index (κ1) is 12.2. The van der Waals surface area contributed by atoms with Crippen molar-refractivity contribution < 1.29 is 9.18 Å². The van der Waals surface area contributed by atoms with E-state index in [1.807, 2.05) is 6.92 Å². The summed E-state index contributed by atoms with van der Waals surface area (Å²) in [5.74, 6) is -0.752. The Morgan fingerprint density at radius 1 is 1.39 bits per heavy atom. The lowest BCUT2D eigenvalue weighted by Crippen LogP contribution is -2.17. The second-order valence-electron chi connectivity index (χ2n) is 4.11. The minimum absolute atomic E-state index is 0.353. The average molecular weight is 247 g/mol. The standard InChI is InChI=1S/C13H14FN3O/c1-8-6-11(15)12(17(8)2)13(18)16-10-5-3-4-9(14)7-10/h3-7H,15H2,1-2H3,(H,16,18). The molecule has 0 fully saturated rings. The number of anilines is 2. The van der Waals surface area contributed by atoms with Crippen LogP contribution >= 0.6 is 0 Å². The van der Waals surface area contributed by atoms with E-state index in [1.165, 1.54) is 18.2 Å². The number of nitrogen functional groups attached to an aromatic ring is 1. The van der Waals surface area contributed by atoms with Gasteiger partial charge in [-0.1, -0.05) is 6.07 Å². The van der Waals surface area contributed by atoms with Gasteiger partial charge in [0.2, 0.25) is 0 Å². The lowest BCUT2D eigenvalue weighted by Gasteiger charge is -2.08. The number of carbonyl (C=O) groups is 1. The van der Waals surface area contributed by atoms with E-state index >= 15 is 0 Å². The smallest absolute Gasteiger partial charge is 0.274 e. The summed E-state index contributed by atoms with van der Waals surface area (Å²) in [5.41, 5.74) is 7.84. The zero-order chi connectivity index (χ0) is 13.3. The summed E-state index contributed by atoms with van der Waals surface area (Å²) in [6, 6.07) is 7.44. The van der Waals surface area contributed by atoms with E-state index in [9.17, 15) is 9.18 Å². The molecule has 0 atom stereocenters. The summed E-state index contributed by atoms with van der Waals surface area (Å²) in [6.07, 6.45) is 0. The Bertz CT molecular complexity index is 604. The number of carbonyl (C=O) groups excluding carboxylic acids is 1. The number of hydrogen-bond acceptors (Lipinski definition) is 2. The first-order valence-electron chi connectivity index (χ1n) is 5.47. The van der Waals surface area contributed by atoms with Crippen molar-refractivity contribution in [3.63, 3.8) is 0 Å². The first-order valence-corrected chi connectivity index (χ1v) is 5.47. The lowest BCUT2D eigenvalue weighted by atomic mass is 10.3. The van der Waals surface area contributed by atoms with Crippen LogP contribution in [0, 0.1) is 12.7 Å². The van der Waals surface area contributed by atoms with Gasteiger partial charge in [0.1, 0.15) is 11.5 Å². The molecule has 94 valence electrons. The van der Waals surface area contributed by atoms with Gasteiger partial charge in [-0.25, -0.2) is 4.39 Å². The molecule has 18 heavy (non-hydrogen) atoms. The van der Waals surface area contributed by atoms with Gasteiger partial charge in [0.25, 0.3) is 5.91 Å². The van der Waals surface area contributed by atoms with Gasteiger partial charge >= 0.3 is 0 Å². The fraction of sp³-hybridized carbons (Fsp3) is 0.154. The number of hydrogen-bond donors (Lipinski definition) is 2. The third-order valence-electron chi connectivity index (χ3n) is 2.80. The van der Waals surface area contributed by atoms with Crippen molar-refractivity contribution >= 4 is 17.3 Å². The maximum Gasteiger partial charge on any atom is 0.274 e. The van der Waals surface area contributed by atoms with E-state index in [0.717, 1.165) is 5.69 Å². The third-order valence-corrected chi connectivity index (χ3v) is 2.80. The van der Waals surface area contributed by atoms with E-state index in [-0.39, 0.29) is 5.91 Å². The molecule has 0 saturated heterocycles. The summed E-state index contributed by atoms with van der Waals surface area (Å²) in [5, 5.41) is 2.61. The molecule has 1 heterocycles. The molecule has 0 spiro atoms. The molecular formula is C13H14FN3O. The number of rotatable bonds is 2. The molecule has 3 N–H and O–H groups in total. The molecule has 2 rings (SSSR count). The molecule has 0 unspecified atom stereocenters. The highest BCUT2D eigenvalue weighted by Gasteiger charge is 2.16. The number of aromatic nitrogens is 1. The Morgan fingerprint density at radius 3 is 2.67 bits per heavy atom. The van der Waals surface area contributed by atoms with Crippen molar-refractivity contribution in [2.24, 2.45) is 7.05 Å². The highest BCUT2D eigenvalue weighted by atomic mass is 19.1. The highest BCUT2D eigenvalue weighted by Crippen LogP contribution is 2.18. The van der Waals surface area contributed by atoms with Gasteiger partial charge < -0.3 is 15.6 Å². The summed E-state index contributed by atoms with van der Waals surface area (Å²) in [7, 11) is 1.76. The molecule has 0 bridgehead atoms. The van der Waals surface area contributed by atoms with E-state index in [2.05, 4.69) is 5.32 Å². The van der Waals surface area contributed by atoms with Gasteiger partial charge in [0.05, 0.1) is 5.69 Å². The number of halogens is 1. The summed E-state index contributed by atoms with van der Waals surface area (Å²) in [6.45, 7) is 1.86. The zero-order valence-electron chi connectivity index (χ0n) is 10.2. The SMILES string of the molecule is Cc1cc(N)c(C(=O)Nc2cccc(F)c2)n1C. The summed E-state index contributed by atoms with van der Waals surface area (Å²) in [4.78, 5) is 12.0. The van der Waals surface area contributed by atoms with Crippen LogP contribution in [0.2, 0.25) is 0 Å². The lowest BCUT2D eigenvalue weighted by molar-refractivity contribution is 0.102. The van der Waals surface area contributed by atoms with Crippen molar-refractivity contribution in [2.45, 2.75) is 6.92 Å². The Morgan fingerprint density at radius 2 is 2.11 bits per heavy atom. The topological polar surface area (TPSA) is 60.1 Å². The van der Waals surface area contributed by atoms with Crippen LogP contribution in [0.25, 0.3) is 0 Å². The number of nitrogens with two attached hydrogens (primary N) is 1. The molecule has 1 aromatic heterocycles. The fourth-order valence-electron chi connectivity index (χ4n) is 1.80. The first-order chi connectivity index (χ1) is 8.49. The minimum atomic E-state index is -0.399. The van der Waals surface area contributed by atoms with Crippen LogP contribution in [0.3, 0.4) is 0 Å².